The predicted octanol–water partition coefficient (Wildman–Crippen LogP) is 3.40. The summed E-state index contributed by atoms with van der Waals surface area (Å²) in [5.41, 5.74) is 0. The number of hydrogen-bond donors (Lipinski definition) is 0. The second-order valence-electron chi connectivity index (χ2n) is 4.32. The second-order valence-corrected chi connectivity index (χ2v) is 7.44. The topological polar surface area (TPSA) is 32.8 Å². The zero-order valence-electron chi connectivity index (χ0n) is 11.0. The molecule has 1 aliphatic rings. The van der Waals surface area contributed by atoms with Crippen LogP contribution in [-0.4, -0.2) is 53.9 Å². The van der Waals surface area contributed by atoms with Crippen LogP contribution in [0.1, 0.15) is 26.2 Å². The molecule has 18 heavy (non-hydrogen) atoms. The highest BCUT2D eigenvalue weighted by Crippen LogP contribution is 2.56. The summed E-state index contributed by atoms with van der Waals surface area (Å²) in [7, 11) is -2.90. The zero-order chi connectivity index (χ0) is 13.4. The number of alkyl halides is 2. The lowest BCUT2D eigenvalue weighted by Crippen LogP contribution is -2.39. The van der Waals surface area contributed by atoms with Gasteiger partial charge in [0.05, 0.1) is 6.61 Å². The molecule has 0 N–H and O–H groups in total. The van der Waals surface area contributed by atoms with Gasteiger partial charge in [-0.2, -0.15) is 0 Å². The summed E-state index contributed by atoms with van der Waals surface area (Å²) in [5, 5.41) is 0. The summed E-state index contributed by atoms with van der Waals surface area (Å²) in [6.07, 6.45) is 3.05. The first-order chi connectivity index (χ1) is 8.69. The Morgan fingerprint density at radius 1 is 1.33 bits per heavy atom. The molecule has 0 bridgehead atoms. The van der Waals surface area contributed by atoms with Gasteiger partial charge in [-0.1, -0.05) is 13.3 Å². The molecule has 4 nitrogen and oxygen atoms in total. The predicted molar refractivity (Wildman–Crippen MR) is 77.7 cm³/mol. The molecule has 0 aliphatic carbocycles. The molecule has 108 valence electrons. The van der Waals surface area contributed by atoms with E-state index in [9.17, 15) is 4.57 Å². The van der Waals surface area contributed by atoms with Gasteiger partial charge >= 0.3 is 7.67 Å². The van der Waals surface area contributed by atoms with Gasteiger partial charge in [-0.15, -0.1) is 23.2 Å². The van der Waals surface area contributed by atoms with E-state index in [-0.39, 0.29) is 0 Å². The van der Waals surface area contributed by atoms with Crippen LogP contribution >= 0.6 is 30.9 Å². The number of unbranched alkanes of at least 4 members (excludes halogenated alkanes) is 1. The van der Waals surface area contributed by atoms with Crippen LogP contribution in [0.4, 0.5) is 0 Å². The van der Waals surface area contributed by atoms with E-state index in [1.807, 2.05) is 9.34 Å². The molecular weight excluding hydrogens is 294 g/mol. The molecule has 1 heterocycles. The Bertz CT molecular complexity index is 276. The molecule has 7 heteroatoms. The Hall–Kier alpha value is 0.690. The van der Waals surface area contributed by atoms with Crippen molar-refractivity contribution in [2.24, 2.45) is 0 Å². The van der Waals surface area contributed by atoms with E-state index in [1.165, 1.54) is 0 Å². The van der Waals surface area contributed by atoms with Crippen LogP contribution in [0.25, 0.3) is 0 Å². The smallest absolute Gasteiger partial charge is 0.306 e. The Labute approximate surface area is 120 Å². The fourth-order valence-electron chi connectivity index (χ4n) is 2.04. The van der Waals surface area contributed by atoms with E-state index < -0.39 is 7.67 Å². The lowest BCUT2D eigenvalue weighted by Gasteiger charge is -2.40. The van der Waals surface area contributed by atoms with E-state index in [0.717, 1.165) is 32.4 Å². The van der Waals surface area contributed by atoms with Gasteiger partial charge in [0.15, 0.2) is 0 Å². The van der Waals surface area contributed by atoms with Crippen LogP contribution in [0.3, 0.4) is 0 Å². The standard InChI is InChI=1S/C11H23Cl2N2O2P/c1-2-3-7-14-8-4-11-17-18(14,16)15(9-5-12)10-6-13/h2-11H2,1H3. The minimum atomic E-state index is -2.90. The van der Waals surface area contributed by atoms with Gasteiger partial charge < -0.3 is 4.52 Å². The van der Waals surface area contributed by atoms with Gasteiger partial charge in [-0.25, -0.2) is 9.34 Å². The SMILES string of the molecule is CCCCN1CCCOP1(=O)N(CCCl)CCCl. The second kappa shape index (κ2) is 8.78. The molecule has 1 fully saturated rings. The molecule has 1 atom stereocenters. The van der Waals surface area contributed by atoms with Crippen molar-refractivity contribution in [3.63, 3.8) is 0 Å². The van der Waals surface area contributed by atoms with Crippen molar-refractivity contribution in [2.45, 2.75) is 26.2 Å². The third kappa shape index (κ3) is 4.36. The summed E-state index contributed by atoms with van der Waals surface area (Å²) in [5.74, 6) is 0.873. The van der Waals surface area contributed by atoms with E-state index in [4.69, 9.17) is 27.7 Å². The van der Waals surface area contributed by atoms with Crippen molar-refractivity contribution in [1.29, 1.82) is 0 Å². The Morgan fingerprint density at radius 3 is 2.56 bits per heavy atom. The summed E-state index contributed by atoms with van der Waals surface area (Å²) >= 11 is 11.6. The number of hydrogen-bond acceptors (Lipinski definition) is 2. The summed E-state index contributed by atoms with van der Waals surface area (Å²) < 4.78 is 22.5. The van der Waals surface area contributed by atoms with Crippen molar-refractivity contribution in [3.05, 3.63) is 0 Å². The highest BCUT2D eigenvalue weighted by molar-refractivity contribution is 7.54. The van der Waals surface area contributed by atoms with E-state index in [0.29, 0.717) is 31.5 Å². The number of halogens is 2. The van der Waals surface area contributed by atoms with Gasteiger partial charge in [0.2, 0.25) is 0 Å². The average Bonchev–Trinajstić information content (AvgIpc) is 2.37. The summed E-state index contributed by atoms with van der Waals surface area (Å²) in [6.45, 7) is 5.43. The van der Waals surface area contributed by atoms with Gasteiger partial charge in [0, 0.05) is 37.9 Å². The van der Waals surface area contributed by atoms with Gasteiger partial charge in [0.25, 0.3) is 0 Å². The third-order valence-electron chi connectivity index (χ3n) is 2.99. The molecule has 0 spiro atoms. The quantitative estimate of drug-likeness (QED) is 0.507. The van der Waals surface area contributed by atoms with Crippen molar-refractivity contribution in [2.75, 3.05) is 44.5 Å². The monoisotopic (exact) mass is 316 g/mol. The highest BCUT2D eigenvalue weighted by atomic mass is 35.5. The van der Waals surface area contributed by atoms with Crippen molar-refractivity contribution in [3.8, 4) is 0 Å². The van der Waals surface area contributed by atoms with Crippen molar-refractivity contribution < 1.29 is 9.09 Å². The van der Waals surface area contributed by atoms with Gasteiger partial charge in [-0.3, -0.25) is 4.57 Å². The zero-order valence-corrected chi connectivity index (χ0v) is 13.4. The molecular formula is C11H23Cl2N2O2P. The van der Waals surface area contributed by atoms with Gasteiger partial charge in [0.1, 0.15) is 0 Å². The van der Waals surface area contributed by atoms with Crippen LogP contribution in [0.5, 0.6) is 0 Å². The van der Waals surface area contributed by atoms with E-state index in [2.05, 4.69) is 6.92 Å². The summed E-state index contributed by atoms with van der Waals surface area (Å²) in [4.78, 5) is 0. The first-order valence-corrected chi connectivity index (χ1v) is 9.16. The lowest BCUT2D eigenvalue weighted by molar-refractivity contribution is 0.167. The van der Waals surface area contributed by atoms with Crippen LogP contribution in [0.15, 0.2) is 0 Å². The molecule has 1 unspecified atom stereocenters. The maximum atomic E-state index is 13.1. The van der Waals surface area contributed by atoms with Gasteiger partial charge in [-0.05, 0) is 12.8 Å². The van der Waals surface area contributed by atoms with Crippen LogP contribution in [0.2, 0.25) is 0 Å². The molecule has 0 radical (unpaired) electrons. The molecule has 0 amide bonds. The molecule has 0 saturated carbocycles. The highest BCUT2D eigenvalue weighted by Gasteiger charge is 2.39. The Kier molecular flexibility index (Phi) is 8.17. The maximum Gasteiger partial charge on any atom is 0.346 e. The first kappa shape index (κ1) is 16.7. The molecule has 1 saturated heterocycles. The number of rotatable bonds is 8. The lowest BCUT2D eigenvalue weighted by atomic mass is 10.3. The minimum Gasteiger partial charge on any atom is -0.306 e. The third-order valence-corrected chi connectivity index (χ3v) is 6.08. The molecule has 0 aromatic heterocycles. The fraction of sp³-hybridized carbons (Fsp3) is 1.00. The Balaban J connectivity index is 2.77. The molecule has 0 aromatic carbocycles. The van der Waals surface area contributed by atoms with E-state index in [1.54, 1.807) is 0 Å². The van der Waals surface area contributed by atoms with Crippen LogP contribution in [0, 0.1) is 0 Å². The van der Waals surface area contributed by atoms with Crippen molar-refractivity contribution >= 4 is 30.9 Å². The molecule has 0 aromatic rings. The first-order valence-electron chi connectivity index (χ1n) is 6.56. The number of nitrogens with zero attached hydrogens (tertiary/aromatic N) is 2. The normalized spacial score (nSPS) is 25.8. The summed E-state index contributed by atoms with van der Waals surface area (Å²) in [6, 6.07) is 0. The average molecular weight is 317 g/mol. The van der Waals surface area contributed by atoms with E-state index >= 15 is 0 Å². The fourth-order valence-corrected chi connectivity index (χ4v) is 5.23. The van der Waals surface area contributed by atoms with Crippen molar-refractivity contribution in [1.82, 2.24) is 9.34 Å². The Morgan fingerprint density at radius 2 is 2.00 bits per heavy atom. The van der Waals surface area contributed by atoms with Crippen LogP contribution in [-0.2, 0) is 9.09 Å². The minimum absolute atomic E-state index is 0.436. The maximum absolute atomic E-state index is 13.1. The molecule has 1 aliphatic heterocycles. The largest absolute Gasteiger partial charge is 0.346 e. The van der Waals surface area contributed by atoms with Crippen LogP contribution < -0.4 is 0 Å². The molecule has 1 rings (SSSR count).